The summed E-state index contributed by atoms with van der Waals surface area (Å²) >= 11 is 0. The molecule has 0 saturated heterocycles. The molecule has 0 saturated carbocycles. The lowest BCUT2D eigenvalue weighted by Crippen LogP contribution is -2.15. The number of fused-ring (bicyclic) bond motifs is 37. The van der Waals surface area contributed by atoms with Crippen LogP contribution < -0.4 is 0 Å². The summed E-state index contributed by atoms with van der Waals surface area (Å²) in [6, 6.07) is 177. The monoisotopic (exact) mass is 1720 g/mol. The molecule has 0 N–H and O–H groups in total. The molecule has 632 valence electrons. The van der Waals surface area contributed by atoms with Crippen LogP contribution in [0.15, 0.2) is 479 Å². The Hall–Kier alpha value is -17.5. The van der Waals surface area contributed by atoms with Crippen LogP contribution in [-0.4, -0.2) is 13.7 Å². The predicted molar refractivity (Wildman–Crippen MR) is 584 cm³/mol. The van der Waals surface area contributed by atoms with E-state index in [1.165, 1.54) is 278 Å². The highest BCUT2D eigenvalue weighted by Crippen LogP contribution is 2.54. The van der Waals surface area contributed by atoms with E-state index in [0.29, 0.717) is 0 Å². The maximum atomic E-state index is 2.53. The zero-order valence-electron chi connectivity index (χ0n) is 75.0. The van der Waals surface area contributed by atoms with E-state index >= 15 is 0 Å². The van der Waals surface area contributed by atoms with Gasteiger partial charge < -0.3 is 13.7 Å². The Balaban J connectivity index is 0.000000101. The standard InChI is InChI=1S/C45H31N.2C44H27N/c1-45(2)39-26-30(28-12-4-3-5-13-28)21-23-34(39)35-25-22-31(27-40(35)45)46-41-19-11-10-18-38(41)43-42-32-15-7-6-14-29(32)20-24-36(42)33-16-8-9-17-37(33)44(43)46;1-2-11-31-25-32(19-17-28(31)9-1)33-20-18-29-21-23-35(27-34(29)26-33)45-41-16-8-7-15-40(41)43-42-36-12-4-3-10-30(36)22-24-38(42)37-13-5-6-14-39(37)44(43)45;1-2-11-30-25-31(18-17-28(30)9-1)32-19-20-34-27-35(23-21-33(34)26-32)45-41-16-8-7-15-40(41)43-42-36-12-4-3-10-29(36)22-24-38(42)37-13-5-6-14-39(37)44(43)45/h3-27H,1-2H3;2*1-27H. The molecule has 3 nitrogen and oxygen atoms in total. The Morgan fingerprint density at radius 2 is 0.404 bits per heavy atom. The first-order valence-corrected chi connectivity index (χ1v) is 47.4. The maximum absolute atomic E-state index is 2.53. The first-order valence-electron chi connectivity index (χ1n) is 47.4. The fourth-order valence-electron chi connectivity index (χ4n) is 23.6. The molecule has 0 amide bonds. The fourth-order valence-corrected chi connectivity index (χ4v) is 23.6. The third-order valence-electron chi connectivity index (χ3n) is 29.9. The molecule has 29 aromatic rings. The van der Waals surface area contributed by atoms with Crippen LogP contribution in [-0.2, 0) is 5.41 Å². The van der Waals surface area contributed by atoms with Crippen molar-refractivity contribution < 1.29 is 0 Å². The smallest absolute Gasteiger partial charge is 0.0626 e. The molecule has 0 radical (unpaired) electrons. The number of aromatic nitrogens is 3. The lowest BCUT2D eigenvalue weighted by Gasteiger charge is -2.23. The fraction of sp³-hybridized carbons (Fsp3) is 0.0226. The van der Waals surface area contributed by atoms with Crippen LogP contribution in [0.4, 0.5) is 0 Å². The molecular formula is C133H85N3. The summed E-state index contributed by atoms with van der Waals surface area (Å²) in [5.41, 5.74) is 23.9. The van der Waals surface area contributed by atoms with Crippen LogP contribution in [0.1, 0.15) is 25.0 Å². The normalized spacial score (nSPS) is 12.5. The summed E-state index contributed by atoms with van der Waals surface area (Å²) in [5.74, 6) is 0. The number of hydrogen-bond acceptors (Lipinski definition) is 0. The van der Waals surface area contributed by atoms with Gasteiger partial charge in [0.05, 0.1) is 33.1 Å². The molecule has 0 fully saturated rings. The van der Waals surface area contributed by atoms with Crippen molar-refractivity contribution in [3.05, 3.63) is 490 Å². The highest BCUT2D eigenvalue weighted by molar-refractivity contribution is 6.40. The van der Waals surface area contributed by atoms with Crippen molar-refractivity contribution in [2.75, 3.05) is 0 Å². The van der Waals surface area contributed by atoms with Crippen LogP contribution in [0.5, 0.6) is 0 Å². The second kappa shape index (κ2) is 30.3. The molecule has 26 aromatic carbocycles. The Morgan fingerprint density at radius 1 is 0.147 bits per heavy atom. The van der Waals surface area contributed by atoms with Crippen LogP contribution in [0.25, 0.3) is 267 Å². The van der Waals surface area contributed by atoms with Gasteiger partial charge >= 0.3 is 0 Å². The quantitative estimate of drug-likeness (QED) is 0.147. The van der Waals surface area contributed by atoms with Gasteiger partial charge in [-0.1, -0.05) is 408 Å². The van der Waals surface area contributed by atoms with Crippen molar-refractivity contribution in [2.45, 2.75) is 19.3 Å². The second-order valence-corrected chi connectivity index (χ2v) is 37.6. The van der Waals surface area contributed by atoms with E-state index in [0.717, 1.165) is 0 Å². The highest BCUT2D eigenvalue weighted by atomic mass is 15.0. The molecule has 30 rings (SSSR count). The van der Waals surface area contributed by atoms with Crippen molar-refractivity contribution in [3.8, 4) is 61.6 Å². The van der Waals surface area contributed by atoms with Gasteiger partial charge in [0.2, 0.25) is 0 Å². The second-order valence-electron chi connectivity index (χ2n) is 37.6. The minimum absolute atomic E-state index is 0.130. The molecule has 136 heavy (non-hydrogen) atoms. The average molecular weight is 1730 g/mol. The topological polar surface area (TPSA) is 14.8 Å². The van der Waals surface area contributed by atoms with E-state index in [1.807, 2.05) is 0 Å². The van der Waals surface area contributed by atoms with E-state index in [-0.39, 0.29) is 5.41 Å². The van der Waals surface area contributed by atoms with E-state index in [1.54, 1.807) is 0 Å². The first kappa shape index (κ1) is 77.3. The van der Waals surface area contributed by atoms with Gasteiger partial charge in [0.1, 0.15) is 0 Å². The first-order chi connectivity index (χ1) is 67.2. The summed E-state index contributed by atoms with van der Waals surface area (Å²) in [5, 5.41) is 41.2. The zero-order valence-corrected chi connectivity index (χ0v) is 75.0. The summed E-state index contributed by atoms with van der Waals surface area (Å²) in [6.45, 7) is 4.77. The van der Waals surface area contributed by atoms with Gasteiger partial charge in [-0.2, -0.15) is 0 Å². The van der Waals surface area contributed by atoms with Crippen molar-refractivity contribution >= 4 is 205 Å². The zero-order chi connectivity index (χ0) is 89.5. The lowest BCUT2D eigenvalue weighted by molar-refractivity contribution is 0.660. The largest absolute Gasteiger partial charge is 0.309 e. The van der Waals surface area contributed by atoms with Gasteiger partial charge in [0.25, 0.3) is 0 Å². The van der Waals surface area contributed by atoms with Gasteiger partial charge in [0.15, 0.2) is 0 Å². The van der Waals surface area contributed by atoms with Crippen LogP contribution in [0.3, 0.4) is 0 Å². The summed E-state index contributed by atoms with van der Waals surface area (Å²) in [4.78, 5) is 0. The molecule has 1 aliphatic carbocycles. The third kappa shape index (κ3) is 11.8. The van der Waals surface area contributed by atoms with E-state index in [2.05, 4.69) is 507 Å². The van der Waals surface area contributed by atoms with Gasteiger partial charge in [0, 0.05) is 87.1 Å². The van der Waals surface area contributed by atoms with Gasteiger partial charge in [-0.15, -0.1) is 0 Å². The van der Waals surface area contributed by atoms with Gasteiger partial charge in [-0.25, -0.2) is 0 Å². The molecule has 0 bridgehead atoms. The van der Waals surface area contributed by atoms with Gasteiger partial charge in [-0.05, 0) is 248 Å². The molecule has 3 heterocycles. The number of benzene rings is 26. The minimum Gasteiger partial charge on any atom is -0.309 e. The summed E-state index contributed by atoms with van der Waals surface area (Å²) in [7, 11) is 0. The lowest BCUT2D eigenvalue weighted by atomic mass is 9.81. The average Bonchev–Trinajstić information content (AvgIpc) is 1.55. The van der Waals surface area contributed by atoms with Crippen molar-refractivity contribution in [2.24, 2.45) is 0 Å². The van der Waals surface area contributed by atoms with E-state index in [9.17, 15) is 0 Å². The number of hydrogen-bond donors (Lipinski definition) is 0. The molecule has 0 aliphatic heterocycles. The highest BCUT2D eigenvalue weighted by Gasteiger charge is 2.37. The Labute approximate surface area is 784 Å². The minimum atomic E-state index is -0.130. The summed E-state index contributed by atoms with van der Waals surface area (Å²) < 4.78 is 7.52. The predicted octanol–water partition coefficient (Wildman–Crippen LogP) is 36.6. The maximum Gasteiger partial charge on any atom is 0.0626 e. The molecule has 3 aromatic heterocycles. The van der Waals surface area contributed by atoms with E-state index in [4.69, 9.17) is 0 Å². The van der Waals surface area contributed by atoms with Crippen LogP contribution in [0.2, 0.25) is 0 Å². The molecular weight excluding hydrogens is 1640 g/mol. The molecule has 0 atom stereocenters. The Morgan fingerprint density at radius 3 is 0.831 bits per heavy atom. The Bertz CT molecular complexity index is 10200. The number of nitrogens with zero attached hydrogens (tertiary/aromatic N) is 3. The molecule has 0 spiro atoms. The van der Waals surface area contributed by atoms with Crippen LogP contribution in [0, 0.1) is 0 Å². The SMILES string of the molecule is CC1(C)c2cc(-c3ccccc3)ccc2-c2ccc(-n3c4ccccc4c4c5c6ccccc6ccc5c5ccccc5c43)cc21.c1ccc2cc(-c3ccc4cc(-n5c6ccccc6c6c7c8ccccc8ccc7c7ccccc7c65)ccc4c3)ccc2c1.c1ccc2cc(-c3ccc4ccc(-n5c6ccccc6c6c7c8ccccc8ccc7c7ccccc7c65)cc4c3)ccc2c1. The van der Waals surface area contributed by atoms with Crippen molar-refractivity contribution in [1.82, 2.24) is 13.7 Å². The van der Waals surface area contributed by atoms with E-state index < -0.39 is 0 Å². The van der Waals surface area contributed by atoms with Gasteiger partial charge in [-0.3, -0.25) is 0 Å². The molecule has 1 aliphatic rings. The molecule has 0 unspecified atom stereocenters. The number of rotatable bonds is 6. The van der Waals surface area contributed by atoms with Crippen molar-refractivity contribution in [1.29, 1.82) is 0 Å². The molecule has 3 heteroatoms. The third-order valence-corrected chi connectivity index (χ3v) is 29.9. The van der Waals surface area contributed by atoms with Crippen molar-refractivity contribution in [3.63, 3.8) is 0 Å². The summed E-state index contributed by atoms with van der Waals surface area (Å²) in [6.07, 6.45) is 0. The Kier molecular flexibility index (Phi) is 17.2. The number of para-hydroxylation sites is 3. The van der Waals surface area contributed by atoms with Crippen LogP contribution >= 0.6 is 0 Å².